The van der Waals surface area contributed by atoms with Gasteiger partial charge in [0.15, 0.2) is 0 Å². The Morgan fingerprint density at radius 1 is 1.52 bits per heavy atom. The van der Waals surface area contributed by atoms with Crippen LogP contribution in [0.1, 0.15) is 17.5 Å². The van der Waals surface area contributed by atoms with E-state index in [4.69, 9.17) is 5.26 Å². The number of amides is 2. The SMILES string of the molecule is CN1C(=O)N[C@H]2CN(Cc3ccc(F)cc3C#N)CC[C@H]21. The highest BCUT2D eigenvalue weighted by Crippen LogP contribution is 2.23. The number of urea groups is 1. The maximum Gasteiger partial charge on any atom is 0.317 e. The minimum absolute atomic E-state index is 0.0219. The molecule has 2 fully saturated rings. The second-order valence-corrected chi connectivity index (χ2v) is 5.67. The van der Waals surface area contributed by atoms with Crippen molar-refractivity contribution in [2.75, 3.05) is 20.1 Å². The first-order chi connectivity index (χ1) is 10.1. The topological polar surface area (TPSA) is 59.4 Å². The van der Waals surface area contributed by atoms with Crippen LogP contribution in [0.3, 0.4) is 0 Å². The molecule has 3 rings (SSSR count). The summed E-state index contributed by atoms with van der Waals surface area (Å²) < 4.78 is 13.2. The van der Waals surface area contributed by atoms with Crippen molar-refractivity contribution in [3.63, 3.8) is 0 Å². The number of nitrogens with one attached hydrogen (secondary N) is 1. The van der Waals surface area contributed by atoms with Crippen LogP contribution in [-0.2, 0) is 6.54 Å². The van der Waals surface area contributed by atoms with Crippen molar-refractivity contribution in [3.8, 4) is 6.07 Å². The van der Waals surface area contributed by atoms with Gasteiger partial charge >= 0.3 is 6.03 Å². The van der Waals surface area contributed by atoms with Crippen molar-refractivity contribution in [2.45, 2.75) is 25.0 Å². The van der Waals surface area contributed by atoms with Gasteiger partial charge in [-0.2, -0.15) is 5.26 Å². The number of likely N-dealkylation sites (tertiary alicyclic amines) is 1. The molecule has 2 aliphatic rings. The lowest BCUT2D eigenvalue weighted by atomic mass is 9.99. The zero-order valence-electron chi connectivity index (χ0n) is 11.8. The molecule has 0 aromatic heterocycles. The standard InChI is InChI=1S/C15H17FN4O/c1-19-14-4-5-20(9-13(14)18-15(19)21)8-10-2-3-12(16)6-11(10)7-17/h2-3,6,13-14H,4-5,8-9H2,1H3,(H,18,21)/t13-,14+/m0/s1. The van der Waals surface area contributed by atoms with E-state index in [0.717, 1.165) is 25.1 Å². The molecule has 1 aromatic carbocycles. The second-order valence-electron chi connectivity index (χ2n) is 5.67. The zero-order chi connectivity index (χ0) is 15.0. The Bertz CT molecular complexity index is 612. The van der Waals surface area contributed by atoms with E-state index in [0.29, 0.717) is 12.1 Å². The minimum atomic E-state index is -0.390. The summed E-state index contributed by atoms with van der Waals surface area (Å²) >= 11 is 0. The lowest BCUT2D eigenvalue weighted by Gasteiger charge is -2.35. The number of hydrogen-bond donors (Lipinski definition) is 1. The summed E-state index contributed by atoms with van der Waals surface area (Å²) in [5, 5.41) is 12.1. The monoisotopic (exact) mass is 288 g/mol. The molecule has 6 heteroatoms. The van der Waals surface area contributed by atoms with Crippen molar-refractivity contribution in [1.82, 2.24) is 15.1 Å². The van der Waals surface area contributed by atoms with Crippen LogP contribution < -0.4 is 5.32 Å². The normalized spacial score (nSPS) is 25.4. The molecular formula is C15H17FN4O. The molecule has 5 nitrogen and oxygen atoms in total. The van der Waals surface area contributed by atoms with Crippen LogP contribution in [0.2, 0.25) is 0 Å². The minimum Gasteiger partial charge on any atom is -0.332 e. The van der Waals surface area contributed by atoms with Gasteiger partial charge in [0, 0.05) is 26.7 Å². The number of piperidine rings is 1. The molecule has 2 heterocycles. The maximum absolute atomic E-state index is 13.2. The Hall–Kier alpha value is -2.13. The number of hydrogen-bond acceptors (Lipinski definition) is 3. The third-order valence-electron chi connectivity index (χ3n) is 4.37. The van der Waals surface area contributed by atoms with E-state index in [1.807, 2.05) is 13.1 Å². The highest BCUT2D eigenvalue weighted by atomic mass is 19.1. The van der Waals surface area contributed by atoms with Gasteiger partial charge < -0.3 is 10.2 Å². The highest BCUT2D eigenvalue weighted by Gasteiger charge is 2.40. The van der Waals surface area contributed by atoms with E-state index in [9.17, 15) is 9.18 Å². The molecule has 1 aromatic rings. The molecule has 110 valence electrons. The average Bonchev–Trinajstić information content (AvgIpc) is 2.75. The van der Waals surface area contributed by atoms with E-state index >= 15 is 0 Å². The maximum atomic E-state index is 13.2. The predicted molar refractivity (Wildman–Crippen MR) is 74.9 cm³/mol. The van der Waals surface area contributed by atoms with Gasteiger partial charge in [0.2, 0.25) is 0 Å². The Labute approximate surface area is 122 Å². The fourth-order valence-corrected chi connectivity index (χ4v) is 3.20. The summed E-state index contributed by atoms with van der Waals surface area (Å²) in [7, 11) is 1.82. The first kappa shape index (κ1) is 13.8. The number of carbonyl (C=O) groups excluding carboxylic acids is 1. The second kappa shape index (κ2) is 5.34. The molecule has 0 saturated carbocycles. The van der Waals surface area contributed by atoms with Gasteiger partial charge in [0.1, 0.15) is 5.82 Å². The fourth-order valence-electron chi connectivity index (χ4n) is 3.20. The number of benzene rings is 1. The third-order valence-corrected chi connectivity index (χ3v) is 4.37. The van der Waals surface area contributed by atoms with Gasteiger partial charge in [-0.15, -0.1) is 0 Å². The Morgan fingerprint density at radius 2 is 2.33 bits per heavy atom. The number of nitriles is 1. The number of nitrogens with zero attached hydrogens (tertiary/aromatic N) is 3. The molecule has 0 unspecified atom stereocenters. The van der Waals surface area contributed by atoms with E-state index < -0.39 is 5.82 Å². The van der Waals surface area contributed by atoms with Crippen LogP contribution in [0.5, 0.6) is 0 Å². The smallest absolute Gasteiger partial charge is 0.317 e. The van der Waals surface area contributed by atoms with E-state index in [2.05, 4.69) is 10.2 Å². The molecule has 0 radical (unpaired) electrons. The van der Waals surface area contributed by atoms with Gasteiger partial charge in [-0.1, -0.05) is 6.07 Å². The fraction of sp³-hybridized carbons (Fsp3) is 0.467. The first-order valence-electron chi connectivity index (χ1n) is 7.02. The molecule has 2 atom stereocenters. The highest BCUT2D eigenvalue weighted by molar-refractivity contribution is 5.77. The van der Waals surface area contributed by atoms with Gasteiger partial charge in [0.25, 0.3) is 0 Å². The summed E-state index contributed by atoms with van der Waals surface area (Å²) in [6, 6.07) is 6.71. The molecule has 0 spiro atoms. The van der Waals surface area contributed by atoms with Gasteiger partial charge in [-0.25, -0.2) is 9.18 Å². The molecule has 2 saturated heterocycles. The van der Waals surface area contributed by atoms with Gasteiger partial charge in [-0.3, -0.25) is 4.90 Å². The van der Waals surface area contributed by atoms with E-state index in [1.54, 1.807) is 11.0 Å². The van der Waals surface area contributed by atoms with Crippen LogP contribution in [0.4, 0.5) is 9.18 Å². The Balaban J connectivity index is 1.70. The number of fused-ring (bicyclic) bond motifs is 1. The summed E-state index contributed by atoms with van der Waals surface area (Å²) in [5.74, 6) is -0.390. The quantitative estimate of drug-likeness (QED) is 0.892. The van der Waals surface area contributed by atoms with Crippen LogP contribution in [0.15, 0.2) is 18.2 Å². The van der Waals surface area contributed by atoms with Crippen molar-refractivity contribution in [3.05, 3.63) is 35.1 Å². The van der Waals surface area contributed by atoms with Crippen molar-refractivity contribution in [1.29, 1.82) is 5.26 Å². The van der Waals surface area contributed by atoms with Crippen LogP contribution >= 0.6 is 0 Å². The summed E-state index contributed by atoms with van der Waals surface area (Å²) in [5.41, 5.74) is 1.21. The molecule has 2 amide bonds. The summed E-state index contributed by atoms with van der Waals surface area (Å²) in [6.45, 7) is 2.22. The Morgan fingerprint density at radius 3 is 3.10 bits per heavy atom. The van der Waals surface area contributed by atoms with E-state index in [-0.39, 0.29) is 18.1 Å². The van der Waals surface area contributed by atoms with Gasteiger partial charge in [-0.05, 0) is 24.1 Å². The van der Waals surface area contributed by atoms with Gasteiger partial charge in [0.05, 0.1) is 23.7 Å². The molecule has 0 aliphatic carbocycles. The molecule has 21 heavy (non-hydrogen) atoms. The van der Waals surface area contributed by atoms with Crippen LogP contribution in [-0.4, -0.2) is 48.1 Å². The number of halogens is 1. The molecule has 1 N–H and O–H groups in total. The largest absolute Gasteiger partial charge is 0.332 e. The third kappa shape index (κ3) is 2.57. The van der Waals surface area contributed by atoms with Crippen molar-refractivity contribution >= 4 is 6.03 Å². The summed E-state index contributed by atoms with van der Waals surface area (Å²) in [6.07, 6.45) is 0.906. The Kier molecular flexibility index (Phi) is 3.52. The number of carbonyl (C=O) groups is 1. The number of likely N-dealkylation sites (N-methyl/N-ethyl adjacent to an activating group) is 1. The predicted octanol–water partition coefficient (Wildman–Crippen LogP) is 1.30. The molecular weight excluding hydrogens is 271 g/mol. The first-order valence-corrected chi connectivity index (χ1v) is 7.02. The number of rotatable bonds is 2. The molecule has 0 bridgehead atoms. The van der Waals surface area contributed by atoms with Crippen LogP contribution in [0.25, 0.3) is 0 Å². The lowest BCUT2D eigenvalue weighted by Crippen LogP contribution is -2.50. The van der Waals surface area contributed by atoms with E-state index in [1.165, 1.54) is 12.1 Å². The average molecular weight is 288 g/mol. The van der Waals surface area contributed by atoms with Crippen molar-refractivity contribution in [2.24, 2.45) is 0 Å². The zero-order valence-corrected chi connectivity index (χ0v) is 11.8. The summed E-state index contributed by atoms with van der Waals surface area (Å²) in [4.78, 5) is 15.6. The molecule has 2 aliphatic heterocycles. The lowest BCUT2D eigenvalue weighted by molar-refractivity contribution is 0.147. The van der Waals surface area contributed by atoms with Crippen LogP contribution in [0, 0.1) is 17.1 Å². The van der Waals surface area contributed by atoms with Crippen molar-refractivity contribution < 1.29 is 9.18 Å².